The highest BCUT2D eigenvalue weighted by atomic mass is 32.2. The van der Waals surface area contributed by atoms with Crippen LogP contribution in [0, 0.1) is 6.92 Å². The van der Waals surface area contributed by atoms with E-state index in [9.17, 15) is 0 Å². The predicted octanol–water partition coefficient (Wildman–Crippen LogP) is 7.11. The molecule has 0 bridgehead atoms. The Bertz CT molecular complexity index is 1450. The molecule has 2 saturated heterocycles. The predicted molar refractivity (Wildman–Crippen MR) is 169 cm³/mol. The van der Waals surface area contributed by atoms with Gasteiger partial charge in [0, 0.05) is 10.5 Å². The lowest BCUT2D eigenvalue weighted by atomic mass is 9.98. The maximum atomic E-state index is 6.76. The number of benzene rings is 4. The first-order valence-corrected chi connectivity index (χ1v) is 15.7. The van der Waals surface area contributed by atoms with Gasteiger partial charge in [-0.2, -0.15) is 0 Å². The molecule has 2 heterocycles. The minimum absolute atomic E-state index is 0.334. The van der Waals surface area contributed by atoms with Crippen LogP contribution in [0.2, 0.25) is 0 Å². The Balaban J connectivity index is 1.30. The fourth-order valence-electron chi connectivity index (χ4n) is 5.37. The molecule has 2 fully saturated rings. The molecule has 8 heteroatoms. The van der Waals surface area contributed by atoms with Crippen LogP contribution in [0.15, 0.2) is 108 Å². The van der Waals surface area contributed by atoms with Crippen molar-refractivity contribution in [1.29, 1.82) is 0 Å². The normalized spacial score (nSPS) is 24.8. The van der Waals surface area contributed by atoms with Gasteiger partial charge in [0.05, 0.1) is 34.0 Å². The van der Waals surface area contributed by atoms with E-state index < -0.39 is 24.6 Å². The SMILES string of the molecule is COc1ccc(CO[C@H]2[C@H]3OC(c4ccccc4)OC[C@H]3O[C@@H](Sc3ccc(C)cc3)[C@@H]2OCc2ccc(OC)cc2)cc1. The fraction of sp³-hybridized carbons (Fsp3) is 0.333. The first kappa shape index (κ1) is 30.6. The van der Waals surface area contributed by atoms with E-state index in [1.54, 1.807) is 26.0 Å². The number of fused-ring (bicyclic) bond motifs is 1. The number of hydrogen-bond donors (Lipinski definition) is 0. The van der Waals surface area contributed by atoms with Crippen LogP contribution in [-0.2, 0) is 36.9 Å². The lowest BCUT2D eigenvalue weighted by Crippen LogP contribution is -2.62. The molecule has 2 aliphatic rings. The number of methoxy groups -OCH3 is 2. The summed E-state index contributed by atoms with van der Waals surface area (Å²) in [6.45, 7) is 3.21. The zero-order valence-electron chi connectivity index (χ0n) is 25.2. The lowest BCUT2D eigenvalue weighted by Gasteiger charge is -2.49. The molecule has 0 spiro atoms. The van der Waals surface area contributed by atoms with Crippen LogP contribution in [0.4, 0.5) is 0 Å². The third-order valence-electron chi connectivity index (χ3n) is 7.83. The molecule has 230 valence electrons. The van der Waals surface area contributed by atoms with Crippen molar-refractivity contribution in [2.75, 3.05) is 20.8 Å². The molecule has 7 nitrogen and oxygen atoms in total. The van der Waals surface area contributed by atoms with E-state index in [0.29, 0.717) is 19.8 Å². The van der Waals surface area contributed by atoms with Gasteiger partial charge in [-0.15, -0.1) is 0 Å². The summed E-state index contributed by atoms with van der Waals surface area (Å²) in [7, 11) is 3.32. The molecule has 0 aliphatic carbocycles. The summed E-state index contributed by atoms with van der Waals surface area (Å²) in [5.41, 5.74) is 3.84. The molecule has 1 unspecified atom stereocenters. The van der Waals surface area contributed by atoms with Crippen molar-refractivity contribution >= 4 is 11.8 Å². The topological polar surface area (TPSA) is 64.6 Å². The average Bonchev–Trinajstić information content (AvgIpc) is 3.08. The minimum Gasteiger partial charge on any atom is -0.497 e. The zero-order chi connectivity index (χ0) is 30.3. The minimum atomic E-state index is -0.531. The fourth-order valence-corrected chi connectivity index (χ4v) is 6.49. The van der Waals surface area contributed by atoms with Gasteiger partial charge in [0.2, 0.25) is 0 Å². The standard InChI is InChI=1S/C36H38O7S/c1-24-9-19-30(20-10-24)44-36-34(40-22-26-13-17-29(38-3)18-14-26)33(39-21-25-11-15-28(37-2)16-12-25)32-31(42-36)23-41-35(43-32)27-7-5-4-6-8-27/h4-20,31-36H,21-23H2,1-3H3/t31-,32+,33+,34-,35?,36+/m1/s1. The van der Waals surface area contributed by atoms with Gasteiger partial charge in [-0.25, -0.2) is 0 Å². The molecule has 0 saturated carbocycles. The van der Waals surface area contributed by atoms with E-state index in [4.69, 9.17) is 33.2 Å². The third kappa shape index (κ3) is 7.46. The van der Waals surface area contributed by atoms with E-state index in [-0.39, 0.29) is 11.5 Å². The molecular formula is C36H38O7S. The van der Waals surface area contributed by atoms with Gasteiger partial charge in [0.15, 0.2) is 6.29 Å². The molecule has 0 aromatic heterocycles. The van der Waals surface area contributed by atoms with Crippen LogP contribution in [0.25, 0.3) is 0 Å². The smallest absolute Gasteiger partial charge is 0.184 e. The van der Waals surface area contributed by atoms with Gasteiger partial charge < -0.3 is 33.2 Å². The second-order valence-corrected chi connectivity index (χ2v) is 12.1. The van der Waals surface area contributed by atoms with Crippen molar-refractivity contribution in [1.82, 2.24) is 0 Å². The van der Waals surface area contributed by atoms with Gasteiger partial charge in [-0.3, -0.25) is 0 Å². The Morgan fingerprint density at radius 1 is 0.682 bits per heavy atom. The summed E-state index contributed by atoms with van der Waals surface area (Å²) in [5.74, 6) is 1.60. The summed E-state index contributed by atoms with van der Waals surface area (Å²) >= 11 is 1.63. The Morgan fingerprint density at radius 2 is 1.27 bits per heavy atom. The Kier molecular flexibility index (Phi) is 10.2. The van der Waals surface area contributed by atoms with Gasteiger partial charge in [-0.05, 0) is 54.4 Å². The van der Waals surface area contributed by atoms with Crippen molar-refractivity contribution in [2.24, 2.45) is 0 Å². The van der Waals surface area contributed by atoms with Gasteiger partial charge in [-0.1, -0.05) is 84.1 Å². The second kappa shape index (κ2) is 14.6. The molecule has 44 heavy (non-hydrogen) atoms. The van der Waals surface area contributed by atoms with Crippen LogP contribution < -0.4 is 9.47 Å². The van der Waals surface area contributed by atoms with E-state index >= 15 is 0 Å². The van der Waals surface area contributed by atoms with Crippen molar-refractivity contribution < 1.29 is 33.2 Å². The zero-order valence-corrected chi connectivity index (χ0v) is 26.0. The Morgan fingerprint density at radius 3 is 1.86 bits per heavy atom. The number of aryl methyl sites for hydroxylation is 1. The van der Waals surface area contributed by atoms with Gasteiger partial charge in [0.1, 0.15) is 41.4 Å². The van der Waals surface area contributed by atoms with Gasteiger partial charge in [0.25, 0.3) is 0 Å². The monoisotopic (exact) mass is 614 g/mol. The highest BCUT2D eigenvalue weighted by Crippen LogP contribution is 2.41. The largest absolute Gasteiger partial charge is 0.497 e. The van der Waals surface area contributed by atoms with Crippen LogP contribution >= 0.6 is 11.8 Å². The first-order valence-electron chi connectivity index (χ1n) is 14.8. The Hall–Kier alpha value is -3.37. The molecule has 4 aromatic rings. The summed E-state index contributed by atoms with van der Waals surface area (Å²) in [4.78, 5) is 1.09. The average molecular weight is 615 g/mol. The van der Waals surface area contributed by atoms with Crippen molar-refractivity contribution in [3.8, 4) is 11.5 Å². The van der Waals surface area contributed by atoms with E-state index in [1.807, 2.05) is 78.9 Å². The van der Waals surface area contributed by atoms with Gasteiger partial charge >= 0.3 is 0 Å². The molecular weight excluding hydrogens is 576 g/mol. The number of ether oxygens (including phenoxy) is 7. The maximum absolute atomic E-state index is 6.76. The highest BCUT2D eigenvalue weighted by Gasteiger charge is 2.51. The number of thioether (sulfide) groups is 1. The molecule has 4 aromatic carbocycles. The molecule has 6 atom stereocenters. The molecule has 0 radical (unpaired) electrons. The van der Waals surface area contributed by atoms with Crippen molar-refractivity contribution in [2.45, 2.75) is 61.2 Å². The van der Waals surface area contributed by atoms with E-state index in [1.165, 1.54) is 5.56 Å². The summed E-state index contributed by atoms with van der Waals surface area (Å²) in [6, 6.07) is 34.2. The van der Waals surface area contributed by atoms with Crippen LogP contribution in [0.5, 0.6) is 11.5 Å². The number of hydrogen-bond acceptors (Lipinski definition) is 8. The maximum Gasteiger partial charge on any atom is 0.184 e. The second-order valence-electron chi connectivity index (χ2n) is 10.9. The van der Waals surface area contributed by atoms with Crippen molar-refractivity contribution in [3.63, 3.8) is 0 Å². The summed E-state index contributed by atoms with van der Waals surface area (Å²) in [5, 5.41) is 0. The summed E-state index contributed by atoms with van der Waals surface area (Å²) < 4.78 is 43.7. The highest BCUT2D eigenvalue weighted by molar-refractivity contribution is 7.99. The molecule has 0 N–H and O–H groups in total. The van der Waals surface area contributed by atoms with E-state index in [2.05, 4.69) is 31.2 Å². The molecule has 2 aliphatic heterocycles. The molecule has 6 rings (SSSR count). The van der Waals surface area contributed by atoms with Crippen LogP contribution in [0.3, 0.4) is 0 Å². The summed E-state index contributed by atoms with van der Waals surface area (Å²) in [6.07, 6.45) is -2.16. The lowest BCUT2D eigenvalue weighted by molar-refractivity contribution is -0.329. The quantitative estimate of drug-likeness (QED) is 0.177. The molecule has 0 amide bonds. The third-order valence-corrected chi connectivity index (χ3v) is 8.99. The van der Waals surface area contributed by atoms with Crippen molar-refractivity contribution in [3.05, 3.63) is 125 Å². The first-order chi connectivity index (χ1) is 21.6. The number of rotatable bonds is 11. The van der Waals surface area contributed by atoms with Crippen LogP contribution in [0.1, 0.15) is 28.5 Å². The van der Waals surface area contributed by atoms with E-state index in [0.717, 1.165) is 33.1 Å². The Labute approximate surface area is 263 Å². The van der Waals surface area contributed by atoms with Crippen LogP contribution in [-0.4, -0.2) is 50.7 Å².